The standard InChI is InChI=1S/C13H13F2NO4/c1-6-2-3-20-11(6)12(17)16-10-5-9(15)8(14)4-7(10)13(18)19/h4-6,11H,2-3H2,1H3,(H,16,17)(H,18,19). The summed E-state index contributed by atoms with van der Waals surface area (Å²) in [4.78, 5) is 22.9. The van der Waals surface area contributed by atoms with Gasteiger partial charge in [0.1, 0.15) is 6.10 Å². The number of rotatable bonds is 3. The molecule has 0 bridgehead atoms. The Hall–Kier alpha value is -2.02. The predicted octanol–water partition coefficient (Wildman–Crippen LogP) is 2.03. The largest absolute Gasteiger partial charge is 0.478 e. The molecule has 1 aliphatic rings. The second-order valence-electron chi connectivity index (χ2n) is 4.66. The highest BCUT2D eigenvalue weighted by atomic mass is 19.2. The molecular formula is C13H13F2NO4. The predicted molar refractivity (Wildman–Crippen MR) is 65.5 cm³/mol. The van der Waals surface area contributed by atoms with Gasteiger partial charge in [0.25, 0.3) is 5.91 Å². The Labute approximate surface area is 113 Å². The molecule has 7 heteroatoms. The second-order valence-corrected chi connectivity index (χ2v) is 4.66. The number of carbonyl (C=O) groups excluding carboxylic acids is 1. The van der Waals surface area contributed by atoms with E-state index < -0.39 is 35.2 Å². The summed E-state index contributed by atoms with van der Waals surface area (Å²) in [7, 11) is 0. The van der Waals surface area contributed by atoms with Crippen LogP contribution in [0, 0.1) is 17.6 Å². The van der Waals surface area contributed by atoms with E-state index in [9.17, 15) is 18.4 Å². The van der Waals surface area contributed by atoms with E-state index in [4.69, 9.17) is 9.84 Å². The molecule has 5 nitrogen and oxygen atoms in total. The molecule has 1 amide bonds. The maximum Gasteiger partial charge on any atom is 0.337 e. The quantitative estimate of drug-likeness (QED) is 0.891. The summed E-state index contributed by atoms with van der Waals surface area (Å²) in [5.41, 5.74) is -0.799. The minimum Gasteiger partial charge on any atom is -0.478 e. The molecule has 2 atom stereocenters. The van der Waals surface area contributed by atoms with Crippen molar-refractivity contribution in [3.05, 3.63) is 29.3 Å². The van der Waals surface area contributed by atoms with Crippen LogP contribution >= 0.6 is 0 Å². The van der Waals surface area contributed by atoms with Crippen molar-refractivity contribution in [2.24, 2.45) is 5.92 Å². The number of hydrogen-bond acceptors (Lipinski definition) is 3. The molecule has 20 heavy (non-hydrogen) atoms. The maximum absolute atomic E-state index is 13.2. The first-order valence-electron chi connectivity index (χ1n) is 6.05. The summed E-state index contributed by atoms with van der Waals surface area (Å²) in [6.07, 6.45) is -0.00784. The van der Waals surface area contributed by atoms with Crippen molar-refractivity contribution >= 4 is 17.6 Å². The second kappa shape index (κ2) is 5.54. The number of halogens is 2. The van der Waals surface area contributed by atoms with Crippen molar-refractivity contribution in [1.82, 2.24) is 0 Å². The topological polar surface area (TPSA) is 75.6 Å². The zero-order valence-electron chi connectivity index (χ0n) is 10.7. The number of anilines is 1. The van der Waals surface area contributed by atoms with Crippen LogP contribution in [0.1, 0.15) is 23.7 Å². The Kier molecular flexibility index (Phi) is 3.99. The van der Waals surface area contributed by atoms with Crippen molar-refractivity contribution in [1.29, 1.82) is 0 Å². The number of carboxylic acids is 1. The van der Waals surface area contributed by atoms with E-state index >= 15 is 0 Å². The lowest BCUT2D eigenvalue weighted by Crippen LogP contribution is -2.31. The van der Waals surface area contributed by atoms with E-state index in [1.165, 1.54) is 0 Å². The van der Waals surface area contributed by atoms with Gasteiger partial charge < -0.3 is 15.2 Å². The van der Waals surface area contributed by atoms with Gasteiger partial charge in [-0.1, -0.05) is 6.92 Å². The third-order valence-corrected chi connectivity index (χ3v) is 3.19. The van der Waals surface area contributed by atoms with Crippen molar-refractivity contribution < 1.29 is 28.2 Å². The first kappa shape index (κ1) is 14.4. The molecule has 1 saturated heterocycles. The lowest BCUT2D eigenvalue weighted by atomic mass is 10.0. The molecular weight excluding hydrogens is 272 g/mol. The highest BCUT2D eigenvalue weighted by molar-refractivity contribution is 6.02. The fourth-order valence-corrected chi connectivity index (χ4v) is 2.06. The van der Waals surface area contributed by atoms with Crippen molar-refractivity contribution in [3.63, 3.8) is 0 Å². The summed E-state index contributed by atoms with van der Waals surface area (Å²) in [5.74, 6) is -4.56. The molecule has 0 saturated carbocycles. The third-order valence-electron chi connectivity index (χ3n) is 3.19. The Morgan fingerprint density at radius 3 is 2.55 bits per heavy atom. The minimum atomic E-state index is -1.46. The molecule has 1 heterocycles. The van der Waals surface area contributed by atoms with Gasteiger partial charge in [-0.15, -0.1) is 0 Å². The Balaban J connectivity index is 2.26. The molecule has 1 fully saturated rings. The van der Waals surface area contributed by atoms with E-state index in [1.54, 1.807) is 0 Å². The number of ether oxygens (including phenoxy) is 1. The lowest BCUT2D eigenvalue weighted by molar-refractivity contribution is -0.126. The van der Waals surface area contributed by atoms with Gasteiger partial charge in [0, 0.05) is 12.7 Å². The molecule has 0 radical (unpaired) electrons. The number of carboxylic acid groups (broad SMARTS) is 1. The smallest absolute Gasteiger partial charge is 0.337 e. The summed E-state index contributed by atoms with van der Waals surface area (Å²) < 4.78 is 31.4. The molecule has 2 unspecified atom stereocenters. The molecule has 1 aromatic rings. The van der Waals surface area contributed by atoms with Crippen LogP contribution in [0.5, 0.6) is 0 Å². The number of amides is 1. The maximum atomic E-state index is 13.2. The van der Waals surface area contributed by atoms with E-state index in [0.717, 1.165) is 0 Å². The van der Waals surface area contributed by atoms with Gasteiger partial charge in [-0.3, -0.25) is 4.79 Å². The first-order chi connectivity index (χ1) is 9.40. The number of benzene rings is 1. The van der Waals surface area contributed by atoms with Gasteiger partial charge in [-0.25, -0.2) is 13.6 Å². The van der Waals surface area contributed by atoms with Crippen LogP contribution in [-0.4, -0.2) is 29.7 Å². The lowest BCUT2D eigenvalue weighted by Gasteiger charge is -2.15. The Morgan fingerprint density at radius 1 is 1.35 bits per heavy atom. The zero-order chi connectivity index (χ0) is 14.9. The van der Waals surface area contributed by atoms with Gasteiger partial charge >= 0.3 is 5.97 Å². The fraction of sp³-hybridized carbons (Fsp3) is 0.385. The van der Waals surface area contributed by atoms with Gasteiger partial charge in [0.2, 0.25) is 0 Å². The first-order valence-corrected chi connectivity index (χ1v) is 6.05. The number of hydrogen-bond donors (Lipinski definition) is 2. The van der Waals surface area contributed by atoms with Crippen LogP contribution < -0.4 is 5.32 Å². The van der Waals surface area contributed by atoms with Crippen LogP contribution in [0.3, 0.4) is 0 Å². The van der Waals surface area contributed by atoms with E-state index in [1.807, 2.05) is 6.92 Å². The highest BCUT2D eigenvalue weighted by Gasteiger charge is 2.31. The molecule has 2 N–H and O–H groups in total. The van der Waals surface area contributed by atoms with Gasteiger partial charge in [-0.05, 0) is 18.4 Å². The Bertz CT molecular complexity index is 562. The highest BCUT2D eigenvalue weighted by Crippen LogP contribution is 2.24. The van der Waals surface area contributed by atoms with Crippen LogP contribution in [0.2, 0.25) is 0 Å². The fourth-order valence-electron chi connectivity index (χ4n) is 2.06. The molecule has 108 valence electrons. The zero-order valence-corrected chi connectivity index (χ0v) is 10.7. The normalized spacial score (nSPS) is 21.8. The molecule has 1 aliphatic heterocycles. The van der Waals surface area contributed by atoms with E-state index in [-0.39, 0.29) is 11.6 Å². The average Bonchev–Trinajstić information content (AvgIpc) is 2.79. The van der Waals surface area contributed by atoms with Crippen LogP contribution in [-0.2, 0) is 9.53 Å². The molecule has 0 aromatic heterocycles. The van der Waals surface area contributed by atoms with Crippen molar-refractivity contribution in [3.8, 4) is 0 Å². The van der Waals surface area contributed by atoms with Crippen LogP contribution in [0.15, 0.2) is 12.1 Å². The molecule has 2 rings (SSSR count). The average molecular weight is 285 g/mol. The monoisotopic (exact) mass is 285 g/mol. The number of nitrogens with one attached hydrogen (secondary N) is 1. The summed E-state index contributed by atoms with van der Waals surface area (Å²) >= 11 is 0. The van der Waals surface area contributed by atoms with Crippen LogP contribution in [0.4, 0.5) is 14.5 Å². The van der Waals surface area contributed by atoms with E-state index in [0.29, 0.717) is 25.2 Å². The number of carbonyl (C=O) groups is 2. The SMILES string of the molecule is CC1CCOC1C(=O)Nc1cc(F)c(F)cc1C(=O)O. The Morgan fingerprint density at radius 2 is 2.00 bits per heavy atom. The molecule has 1 aromatic carbocycles. The minimum absolute atomic E-state index is 0.0198. The summed E-state index contributed by atoms with van der Waals surface area (Å²) in [6, 6.07) is 1.18. The summed E-state index contributed by atoms with van der Waals surface area (Å²) in [6.45, 7) is 2.25. The molecule has 0 aliphatic carbocycles. The summed E-state index contributed by atoms with van der Waals surface area (Å²) in [5, 5.41) is 11.2. The van der Waals surface area contributed by atoms with Crippen molar-refractivity contribution in [2.75, 3.05) is 11.9 Å². The van der Waals surface area contributed by atoms with Gasteiger partial charge in [0.15, 0.2) is 11.6 Å². The molecule has 0 spiro atoms. The van der Waals surface area contributed by atoms with Gasteiger partial charge in [0.05, 0.1) is 11.3 Å². The van der Waals surface area contributed by atoms with E-state index in [2.05, 4.69) is 5.32 Å². The van der Waals surface area contributed by atoms with Gasteiger partial charge in [-0.2, -0.15) is 0 Å². The number of aromatic carboxylic acids is 1. The van der Waals surface area contributed by atoms with Crippen LogP contribution in [0.25, 0.3) is 0 Å². The third kappa shape index (κ3) is 2.77. The van der Waals surface area contributed by atoms with Crippen molar-refractivity contribution in [2.45, 2.75) is 19.4 Å².